The molecule has 0 radical (unpaired) electrons. The summed E-state index contributed by atoms with van der Waals surface area (Å²) in [6.45, 7) is 5.85. The summed E-state index contributed by atoms with van der Waals surface area (Å²) in [5.74, 6) is 1.77. The quantitative estimate of drug-likeness (QED) is 0.865. The second-order valence-electron chi connectivity index (χ2n) is 6.33. The topological polar surface area (TPSA) is 60.2 Å². The first-order valence-corrected chi connectivity index (χ1v) is 8.35. The summed E-state index contributed by atoms with van der Waals surface area (Å²) in [6.07, 6.45) is 2.00. The molecule has 0 spiro atoms. The van der Waals surface area contributed by atoms with Crippen LogP contribution in [0.1, 0.15) is 46.5 Å². The number of ether oxygens (including phenoxy) is 1. The molecular formula is C18H24N4O2. The Bertz CT molecular complexity index is 726. The number of aromatic nitrogens is 3. The Morgan fingerprint density at radius 1 is 1.38 bits per heavy atom. The molecule has 6 heteroatoms. The lowest BCUT2D eigenvalue weighted by Crippen LogP contribution is -2.41. The van der Waals surface area contributed by atoms with Gasteiger partial charge in [-0.1, -0.05) is 12.1 Å². The number of amides is 1. The maximum absolute atomic E-state index is 12.9. The maximum atomic E-state index is 12.9. The minimum atomic E-state index is 0.0761. The number of hydrogen-bond acceptors (Lipinski definition) is 4. The van der Waals surface area contributed by atoms with Crippen LogP contribution in [0.25, 0.3) is 0 Å². The summed E-state index contributed by atoms with van der Waals surface area (Å²) in [5, 5.41) is 4.49. The van der Waals surface area contributed by atoms with Crippen molar-refractivity contribution in [3.63, 3.8) is 0 Å². The van der Waals surface area contributed by atoms with Gasteiger partial charge in [-0.25, -0.2) is 9.67 Å². The Labute approximate surface area is 142 Å². The van der Waals surface area contributed by atoms with Crippen LogP contribution in [0.5, 0.6) is 0 Å². The van der Waals surface area contributed by atoms with Crippen molar-refractivity contribution in [1.82, 2.24) is 19.7 Å². The van der Waals surface area contributed by atoms with Gasteiger partial charge in [0.15, 0.2) is 0 Å². The fourth-order valence-corrected chi connectivity index (χ4v) is 3.36. The highest BCUT2D eigenvalue weighted by molar-refractivity contribution is 5.94. The van der Waals surface area contributed by atoms with E-state index in [1.165, 1.54) is 0 Å². The molecule has 1 aromatic carbocycles. The van der Waals surface area contributed by atoms with E-state index >= 15 is 0 Å². The fraction of sp³-hybridized carbons (Fsp3) is 0.500. The molecular weight excluding hydrogens is 304 g/mol. The third-order valence-electron chi connectivity index (χ3n) is 4.42. The van der Waals surface area contributed by atoms with Crippen LogP contribution < -0.4 is 0 Å². The second-order valence-corrected chi connectivity index (χ2v) is 6.33. The highest BCUT2D eigenvalue weighted by atomic mass is 16.5. The largest absolute Gasteiger partial charge is 0.380 e. The monoisotopic (exact) mass is 328 g/mol. The molecule has 1 unspecified atom stereocenters. The van der Waals surface area contributed by atoms with Crippen LogP contribution in [0.2, 0.25) is 0 Å². The fourth-order valence-electron chi connectivity index (χ4n) is 3.36. The van der Waals surface area contributed by atoms with Gasteiger partial charge >= 0.3 is 0 Å². The number of aryl methyl sites for hydroxylation is 2. The molecule has 24 heavy (non-hydrogen) atoms. The number of carbonyl (C=O) groups is 1. The number of piperidine rings is 1. The van der Waals surface area contributed by atoms with Crippen molar-refractivity contribution >= 4 is 5.91 Å². The molecule has 0 bridgehead atoms. The molecule has 3 rings (SSSR count). The molecule has 1 saturated heterocycles. The number of likely N-dealkylation sites (tertiary alicyclic amines) is 1. The van der Waals surface area contributed by atoms with E-state index in [0.717, 1.165) is 42.2 Å². The molecule has 1 aromatic heterocycles. The van der Waals surface area contributed by atoms with Crippen LogP contribution in [-0.4, -0.2) is 45.8 Å². The van der Waals surface area contributed by atoms with Crippen molar-refractivity contribution in [3.05, 3.63) is 47.0 Å². The van der Waals surface area contributed by atoms with E-state index < -0.39 is 0 Å². The highest BCUT2D eigenvalue weighted by Crippen LogP contribution is 2.23. The van der Waals surface area contributed by atoms with Crippen molar-refractivity contribution in [2.75, 3.05) is 20.2 Å². The molecule has 2 aromatic rings. The van der Waals surface area contributed by atoms with E-state index in [1.807, 2.05) is 47.7 Å². The Morgan fingerprint density at radius 3 is 2.92 bits per heavy atom. The lowest BCUT2D eigenvalue weighted by molar-refractivity contribution is 0.0671. The molecule has 2 heterocycles. The molecule has 1 aliphatic heterocycles. The average Bonchev–Trinajstić information content (AvgIpc) is 2.93. The van der Waals surface area contributed by atoms with Crippen molar-refractivity contribution in [2.45, 2.75) is 39.3 Å². The Balaban J connectivity index is 1.75. The summed E-state index contributed by atoms with van der Waals surface area (Å²) in [5.41, 5.74) is 1.73. The predicted molar refractivity (Wildman–Crippen MR) is 90.8 cm³/mol. The van der Waals surface area contributed by atoms with Crippen molar-refractivity contribution in [2.24, 2.45) is 0 Å². The minimum absolute atomic E-state index is 0.0761. The standard InChI is InChI=1S/C18H24N4O2/c1-13-19-14(2)22(20-13)17-8-5-9-21(11-17)18(23)16-7-4-6-15(10-16)12-24-3/h4,6-7,10,17H,5,8-9,11-12H2,1-3H3. The minimum Gasteiger partial charge on any atom is -0.380 e. The van der Waals surface area contributed by atoms with E-state index in [9.17, 15) is 4.79 Å². The lowest BCUT2D eigenvalue weighted by Gasteiger charge is -2.33. The molecule has 1 fully saturated rings. The van der Waals surface area contributed by atoms with Gasteiger partial charge in [0.05, 0.1) is 12.6 Å². The van der Waals surface area contributed by atoms with Gasteiger partial charge in [0.2, 0.25) is 0 Å². The van der Waals surface area contributed by atoms with Crippen LogP contribution in [-0.2, 0) is 11.3 Å². The number of rotatable bonds is 4. The first kappa shape index (κ1) is 16.6. The zero-order valence-corrected chi connectivity index (χ0v) is 14.5. The molecule has 0 N–H and O–H groups in total. The first-order chi connectivity index (χ1) is 11.6. The maximum Gasteiger partial charge on any atom is 0.253 e. The number of carbonyl (C=O) groups excluding carboxylic acids is 1. The van der Waals surface area contributed by atoms with Gasteiger partial charge in [-0.15, -0.1) is 0 Å². The number of hydrogen-bond donors (Lipinski definition) is 0. The summed E-state index contributed by atoms with van der Waals surface area (Å²) < 4.78 is 7.12. The Morgan fingerprint density at radius 2 is 2.21 bits per heavy atom. The summed E-state index contributed by atoms with van der Waals surface area (Å²) in [6, 6.07) is 7.87. The van der Waals surface area contributed by atoms with Crippen molar-refractivity contribution < 1.29 is 9.53 Å². The van der Waals surface area contributed by atoms with Gasteiger partial charge in [0.1, 0.15) is 11.6 Å². The van der Waals surface area contributed by atoms with E-state index in [2.05, 4.69) is 10.1 Å². The van der Waals surface area contributed by atoms with Gasteiger partial charge in [-0.2, -0.15) is 5.10 Å². The van der Waals surface area contributed by atoms with Crippen LogP contribution in [0, 0.1) is 13.8 Å². The third kappa shape index (κ3) is 3.48. The first-order valence-electron chi connectivity index (χ1n) is 8.35. The Hall–Kier alpha value is -2.21. The molecule has 1 aliphatic rings. The number of nitrogens with zero attached hydrogens (tertiary/aromatic N) is 4. The summed E-state index contributed by atoms with van der Waals surface area (Å²) in [7, 11) is 1.66. The lowest BCUT2D eigenvalue weighted by atomic mass is 10.0. The van der Waals surface area contributed by atoms with E-state index in [4.69, 9.17) is 4.74 Å². The van der Waals surface area contributed by atoms with Gasteiger partial charge in [-0.05, 0) is 44.4 Å². The van der Waals surface area contributed by atoms with Gasteiger partial charge in [0, 0.05) is 25.8 Å². The van der Waals surface area contributed by atoms with Crippen LogP contribution >= 0.6 is 0 Å². The molecule has 6 nitrogen and oxygen atoms in total. The van der Waals surface area contributed by atoms with Gasteiger partial charge in [-0.3, -0.25) is 4.79 Å². The van der Waals surface area contributed by atoms with Crippen molar-refractivity contribution in [1.29, 1.82) is 0 Å². The van der Waals surface area contributed by atoms with E-state index in [0.29, 0.717) is 13.2 Å². The molecule has 1 amide bonds. The number of methoxy groups -OCH3 is 1. The molecule has 128 valence electrons. The average molecular weight is 328 g/mol. The second kappa shape index (κ2) is 7.13. The van der Waals surface area contributed by atoms with Crippen molar-refractivity contribution in [3.8, 4) is 0 Å². The molecule has 0 aliphatic carbocycles. The summed E-state index contributed by atoms with van der Waals surface area (Å²) in [4.78, 5) is 19.2. The Kier molecular flexibility index (Phi) is 4.94. The predicted octanol–water partition coefficient (Wildman–Crippen LogP) is 2.52. The SMILES string of the molecule is COCc1cccc(C(=O)N2CCCC(n3nc(C)nc3C)C2)c1. The molecule has 0 saturated carbocycles. The van der Waals surface area contributed by atoms with Gasteiger partial charge < -0.3 is 9.64 Å². The van der Waals surface area contributed by atoms with Gasteiger partial charge in [0.25, 0.3) is 5.91 Å². The van der Waals surface area contributed by atoms with E-state index in [-0.39, 0.29) is 11.9 Å². The number of benzene rings is 1. The third-order valence-corrected chi connectivity index (χ3v) is 4.42. The summed E-state index contributed by atoms with van der Waals surface area (Å²) >= 11 is 0. The van der Waals surface area contributed by atoms with Crippen LogP contribution in [0.3, 0.4) is 0 Å². The zero-order valence-electron chi connectivity index (χ0n) is 14.5. The highest BCUT2D eigenvalue weighted by Gasteiger charge is 2.27. The van der Waals surface area contributed by atoms with E-state index in [1.54, 1.807) is 7.11 Å². The molecule has 1 atom stereocenters. The van der Waals surface area contributed by atoms with Crippen LogP contribution in [0.15, 0.2) is 24.3 Å². The smallest absolute Gasteiger partial charge is 0.253 e. The normalized spacial score (nSPS) is 18.0. The van der Waals surface area contributed by atoms with Crippen LogP contribution in [0.4, 0.5) is 0 Å². The zero-order chi connectivity index (χ0) is 17.1.